The molecule has 0 bridgehead atoms. The molecule has 0 radical (unpaired) electrons. The molecule has 1 fully saturated rings. The highest BCUT2D eigenvalue weighted by atomic mass is 16.5. The lowest BCUT2D eigenvalue weighted by Gasteiger charge is -2.50. The van der Waals surface area contributed by atoms with Crippen molar-refractivity contribution >= 4 is 5.97 Å². The van der Waals surface area contributed by atoms with Crippen molar-refractivity contribution in [1.82, 2.24) is 4.90 Å². The normalized spacial score (nSPS) is 31.6. The molecular weight excluding hydrogens is 182 g/mol. The zero-order valence-corrected chi connectivity index (χ0v) is 9.12. The second-order valence-corrected chi connectivity index (χ2v) is 3.77. The summed E-state index contributed by atoms with van der Waals surface area (Å²) >= 11 is 0. The number of hydrogen-bond acceptors (Lipinski definition) is 3. The van der Waals surface area contributed by atoms with E-state index in [1.165, 1.54) is 0 Å². The third-order valence-corrected chi connectivity index (χ3v) is 3.23. The standard InChI is InChI=1S/C10H19NO3/c1-4-11(5-2)10(9(12)13)6-8(7-10)14-3/h8H,4-7H2,1-3H3,(H,12,13). The molecule has 4 nitrogen and oxygen atoms in total. The first-order chi connectivity index (χ1) is 6.60. The van der Waals surface area contributed by atoms with E-state index in [4.69, 9.17) is 4.74 Å². The Hall–Kier alpha value is -0.610. The average molecular weight is 201 g/mol. The number of aliphatic carboxylic acids is 1. The van der Waals surface area contributed by atoms with E-state index in [2.05, 4.69) is 0 Å². The molecule has 82 valence electrons. The van der Waals surface area contributed by atoms with Crippen LogP contribution in [0.5, 0.6) is 0 Å². The minimum Gasteiger partial charge on any atom is -0.480 e. The molecule has 0 amide bonds. The first-order valence-corrected chi connectivity index (χ1v) is 5.12. The van der Waals surface area contributed by atoms with E-state index < -0.39 is 11.5 Å². The van der Waals surface area contributed by atoms with Crippen molar-refractivity contribution in [2.75, 3.05) is 20.2 Å². The van der Waals surface area contributed by atoms with Crippen LogP contribution in [0.4, 0.5) is 0 Å². The maximum Gasteiger partial charge on any atom is 0.324 e. The highest BCUT2D eigenvalue weighted by Crippen LogP contribution is 2.39. The summed E-state index contributed by atoms with van der Waals surface area (Å²) in [6, 6.07) is 0. The molecule has 1 saturated carbocycles. The smallest absolute Gasteiger partial charge is 0.324 e. The van der Waals surface area contributed by atoms with Crippen LogP contribution in [0.15, 0.2) is 0 Å². The van der Waals surface area contributed by atoms with Crippen molar-refractivity contribution in [1.29, 1.82) is 0 Å². The monoisotopic (exact) mass is 201 g/mol. The van der Waals surface area contributed by atoms with Gasteiger partial charge < -0.3 is 9.84 Å². The van der Waals surface area contributed by atoms with Gasteiger partial charge in [-0.2, -0.15) is 0 Å². The zero-order valence-electron chi connectivity index (χ0n) is 9.12. The number of hydrogen-bond donors (Lipinski definition) is 1. The average Bonchev–Trinajstić information content (AvgIpc) is 2.09. The van der Waals surface area contributed by atoms with Gasteiger partial charge in [0, 0.05) is 20.0 Å². The SMILES string of the molecule is CCN(CC)C1(C(=O)O)CC(OC)C1. The number of carboxylic acid groups (broad SMARTS) is 1. The molecule has 4 heteroatoms. The van der Waals surface area contributed by atoms with E-state index in [1.54, 1.807) is 7.11 Å². The van der Waals surface area contributed by atoms with Crippen LogP contribution in [0.3, 0.4) is 0 Å². The first kappa shape index (κ1) is 11.5. The summed E-state index contributed by atoms with van der Waals surface area (Å²) in [5.41, 5.74) is -0.663. The maximum absolute atomic E-state index is 11.2. The van der Waals surface area contributed by atoms with Crippen LogP contribution in [0, 0.1) is 0 Å². The van der Waals surface area contributed by atoms with Crippen LogP contribution in [-0.2, 0) is 9.53 Å². The summed E-state index contributed by atoms with van der Waals surface area (Å²) in [7, 11) is 1.64. The topological polar surface area (TPSA) is 49.8 Å². The van der Waals surface area contributed by atoms with Crippen molar-refractivity contribution in [3.63, 3.8) is 0 Å². The van der Waals surface area contributed by atoms with Crippen LogP contribution < -0.4 is 0 Å². The van der Waals surface area contributed by atoms with Gasteiger partial charge in [0.1, 0.15) is 5.54 Å². The lowest BCUT2D eigenvalue weighted by atomic mass is 9.72. The molecule has 0 unspecified atom stereocenters. The van der Waals surface area contributed by atoms with E-state index >= 15 is 0 Å². The number of rotatable bonds is 5. The molecule has 0 aromatic carbocycles. The zero-order chi connectivity index (χ0) is 10.8. The molecule has 0 aromatic heterocycles. The second-order valence-electron chi connectivity index (χ2n) is 3.77. The van der Waals surface area contributed by atoms with Crippen LogP contribution in [0.2, 0.25) is 0 Å². The van der Waals surface area contributed by atoms with E-state index in [0.29, 0.717) is 12.8 Å². The molecule has 1 aliphatic rings. The minimum absolute atomic E-state index is 0.117. The number of methoxy groups -OCH3 is 1. The summed E-state index contributed by atoms with van der Waals surface area (Å²) in [6.45, 7) is 5.54. The van der Waals surface area contributed by atoms with Crippen LogP contribution >= 0.6 is 0 Å². The van der Waals surface area contributed by atoms with E-state index in [1.807, 2.05) is 18.7 Å². The van der Waals surface area contributed by atoms with Crippen molar-refractivity contribution in [3.05, 3.63) is 0 Å². The second kappa shape index (κ2) is 4.28. The molecular formula is C10H19NO3. The summed E-state index contributed by atoms with van der Waals surface area (Å²) < 4.78 is 5.14. The van der Waals surface area contributed by atoms with E-state index in [-0.39, 0.29) is 6.10 Å². The number of nitrogens with zero attached hydrogens (tertiary/aromatic N) is 1. The van der Waals surface area contributed by atoms with Gasteiger partial charge in [0.25, 0.3) is 0 Å². The summed E-state index contributed by atoms with van der Waals surface area (Å²) in [6.07, 6.45) is 1.34. The molecule has 0 spiro atoms. The van der Waals surface area contributed by atoms with Gasteiger partial charge >= 0.3 is 5.97 Å². The van der Waals surface area contributed by atoms with Gasteiger partial charge in [0.15, 0.2) is 0 Å². The molecule has 1 N–H and O–H groups in total. The van der Waals surface area contributed by atoms with Gasteiger partial charge in [0.2, 0.25) is 0 Å². The molecule has 0 aromatic rings. The predicted molar refractivity (Wildman–Crippen MR) is 53.3 cm³/mol. The van der Waals surface area contributed by atoms with Crippen molar-refractivity contribution in [2.45, 2.75) is 38.3 Å². The van der Waals surface area contributed by atoms with Gasteiger partial charge in [-0.3, -0.25) is 9.69 Å². The van der Waals surface area contributed by atoms with Crippen molar-refractivity contribution in [3.8, 4) is 0 Å². The van der Waals surface area contributed by atoms with Crippen molar-refractivity contribution < 1.29 is 14.6 Å². The predicted octanol–water partition coefficient (Wildman–Crippen LogP) is 0.960. The Bertz CT molecular complexity index is 207. The Labute approximate surface area is 84.8 Å². The summed E-state index contributed by atoms with van der Waals surface area (Å²) in [5.74, 6) is -0.713. The Morgan fingerprint density at radius 1 is 1.50 bits per heavy atom. The molecule has 0 heterocycles. The quantitative estimate of drug-likeness (QED) is 0.719. The Kier molecular flexibility index (Phi) is 3.50. The highest BCUT2D eigenvalue weighted by molar-refractivity contribution is 5.80. The Morgan fingerprint density at radius 3 is 2.29 bits per heavy atom. The fourth-order valence-corrected chi connectivity index (χ4v) is 2.26. The van der Waals surface area contributed by atoms with Gasteiger partial charge in [-0.05, 0) is 13.1 Å². The van der Waals surface area contributed by atoms with E-state index in [0.717, 1.165) is 13.1 Å². The maximum atomic E-state index is 11.2. The van der Waals surface area contributed by atoms with Crippen LogP contribution in [0.25, 0.3) is 0 Å². The fraction of sp³-hybridized carbons (Fsp3) is 0.900. The molecule has 1 rings (SSSR count). The van der Waals surface area contributed by atoms with Crippen molar-refractivity contribution in [2.24, 2.45) is 0 Å². The summed E-state index contributed by atoms with van der Waals surface area (Å²) in [4.78, 5) is 13.2. The molecule has 14 heavy (non-hydrogen) atoms. The fourth-order valence-electron chi connectivity index (χ4n) is 2.26. The number of likely N-dealkylation sites (N-methyl/N-ethyl adjacent to an activating group) is 1. The number of carboxylic acids is 1. The largest absolute Gasteiger partial charge is 0.480 e. The third kappa shape index (κ3) is 1.64. The molecule has 0 saturated heterocycles. The first-order valence-electron chi connectivity index (χ1n) is 5.12. The highest BCUT2D eigenvalue weighted by Gasteiger charge is 2.53. The minimum atomic E-state index is -0.713. The summed E-state index contributed by atoms with van der Waals surface area (Å²) in [5, 5.41) is 9.23. The number of carbonyl (C=O) groups is 1. The Balaban J connectivity index is 2.71. The molecule has 0 aliphatic heterocycles. The third-order valence-electron chi connectivity index (χ3n) is 3.23. The van der Waals surface area contributed by atoms with Gasteiger partial charge in [-0.1, -0.05) is 13.8 Å². The van der Waals surface area contributed by atoms with Crippen LogP contribution in [-0.4, -0.2) is 47.8 Å². The van der Waals surface area contributed by atoms with E-state index in [9.17, 15) is 9.90 Å². The molecule has 1 aliphatic carbocycles. The van der Waals surface area contributed by atoms with Gasteiger partial charge in [-0.15, -0.1) is 0 Å². The molecule has 0 atom stereocenters. The van der Waals surface area contributed by atoms with Gasteiger partial charge in [-0.25, -0.2) is 0 Å². The van der Waals surface area contributed by atoms with Crippen LogP contribution in [0.1, 0.15) is 26.7 Å². The lowest BCUT2D eigenvalue weighted by molar-refractivity contribution is -0.170. The lowest BCUT2D eigenvalue weighted by Crippen LogP contribution is -2.64. The van der Waals surface area contributed by atoms with Gasteiger partial charge in [0.05, 0.1) is 6.10 Å². The number of ether oxygens (including phenoxy) is 1. The Morgan fingerprint density at radius 2 is 2.00 bits per heavy atom.